The highest BCUT2D eigenvalue weighted by atomic mass is 16.6. The summed E-state index contributed by atoms with van der Waals surface area (Å²) in [5.74, 6) is 1.26. The normalized spacial score (nSPS) is 44.9. The van der Waals surface area contributed by atoms with E-state index in [0.29, 0.717) is 17.8 Å². The Morgan fingerprint density at radius 2 is 1.69 bits per heavy atom. The number of esters is 2. The number of rotatable bonds is 5. The lowest BCUT2D eigenvalue weighted by molar-refractivity contribution is -0.197. The summed E-state index contributed by atoms with van der Waals surface area (Å²) in [6.07, 6.45) is 7.79. The van der Waals surface area contributed by atoms with Gasteiger partial charge in [-0.15, -0.1) is 0 Å². The van der Waals surface area contributed by atoms with Crippen LogP contribution in [0.2, 0.25) is 0 Å². The Morgan fingerprint density at radius 3 is 2.31 bits per heavy atom. The van der Waals surface area contributed by atoms with Gasteiger partial charge in [0.15, 0.2) is 11.4 Å². The fourth-order valence-corrected chi connectivity index (χ4v) is 7.24. The van der Waals surface area contributed by atoms with Crippen molar-refractivity contribution >= 4 is 17.7 Å². The first kappa shape index (κ1) is 19.6. The van der Waals surface area contributed by atoms with E-state index in [1.165, 1.54) is 6.42 Å². The molecule has 6 fully saturated rings. The SMILES string of the molecule is CCC(C)(C)C(=O)OC1CC2CC(C(=O)OC34CC5CC(CC(C5)C3=O)C4)C1C2. The number of hydrogen-bond acceptors (Lipinski definition) is 5. The van der Waals surface area contributed by atoms with Crippen molar-refractivity contribution in [2.45, 2.75) is 90.3 Å². The molecule has 160 valence electrons. The van der Waals surface area contributed by atoms with Crippen LogP contribution in [0.4, 0.5) is 0 Å². The molecule has 0 heterocycles. The van der Waals surface area contributed by atoms with E-state index in [9.17, 15) is 14.4 Å². The zero-order valence-corrected chi connectivity index (χ0v) is 17.9. The third-order valence-electron chi connectivity index (χ3n) is 9.01. The van der Waals surface area contributed by atoms with Crippen LogP contribution in [0.5, 0.6) is 0 Å². The Bertz CT molecular complexity index is 726. The molecule has 6 saturated carbocycles. The average molecular weight is 403 g/mol. The summed E-state index contributed by atoms with van der Waals surface area (Å²) in [6.45, 7) is 5.81. The minimum absolute atomic E-state index is 0.0492. The van der Waals surface area contributed by atoms with E-state index in [0.717, 1.165) is 51.4 Å². The Balaban J connectivity index is 1.28. The van der Waals surface area contributed by atoms with E-state index in [4.69, 9.17) is 9.47 Å². The molecule has 0 N–H and O–H groups in total. The third-order valence-corrected chi connectivity index (χ3v) is 9.01. The summed E-state index contributed by atoms with van der Waals surface area (Å²) >= 11 is 0. The second-order valence-corrected chi connectivity index (χ2v) is 11.3. The molecule has 6 atom stereocenters. The third kappa shape index (κ3) is 3.06. The number of carbonyl (C=O) groups is 3. The predicted molar refractivity (Wildman–Crippen MR) is 106 cm³/mol. The van der Waals surface area contributed by atoms with Gasteiger partial charge in [-0.25, -0.2) is 0 Å². The zero-order valence-electron chi connectivity index (χ0n) is 17.9. The first-order valence-electron chi connectivity index (χ1n) is 11.7. The largest absolute Gasteiger partial charge is 0.462 e. The number of ketones is 1. The number of hydrogen-bond donors (Lipinski definition) is 0. The van der Waals surface area contributed by atoms with Gasteiger partial charge in [0.2, 0.25) is 0 Å². The number of ether oxygens (including phenoxy) is 2. The van der Waals surface area contributed by atoms with Gasteiger partial charge in [-0.1, -0.05) is 6.92 Å². The molecule has 0 aromatic rings. The summed E-state index contributed by atoms with van der Waals surface area (Å²) in [7, 11) is 0. The summed E-state index contributed by atoms with van der Waals surface area (Å²) in [5, 5.41) is 0. The second kappa shape index (κ2) is 6.55. The van der Waals surface area contributed by atoms with Gasteiger partial charge in [-0.2, -0.15) is 0 Å². The maximum Gasteiger partial charge on any atom is 0.311 e. The molecule has 6 bridgehead atoms. The van der Waals surface area contributed by atoms with Gasteiger partial charge >= 0.3 is 11.9 Å². The van der Waals surface area contributed by atoms with E-state index in [1.807, 2.05) is 20.8 Å². The molecule has 0 saturated heterocycles. The maximum absolute atomic E-state index is 13.2. The van der Waals surface area contributed by atoms with Gasteiger partial charge in [0.1, 0.15) is 6.10 Å². The molecule has 0 aromatic heterocycles. The van der Waals surface area contributed by atoms with Crippen LogP contribution in [0.25, 0.3) is 0 Å². The highest BCUT2D eigenvalue weighted by Gasteiger charge is 2.61. The van der Waals surface area contributed by atoms with Crippen molar-refractivity contribution in [1.29, 1.82) is 0 Å². The van der Waals surface area contributed by atoms with E-state index in [2.05, 4.69) is 0 Å². The summed E-state index contributed by atoms with van der Waals surface area (Å²) in [4.78, 5) is 38.8. The number of Topliss-reactive ketones (excluding diaryl/α,β-unsaturated/α-hetero) is 1. The van der Waals surface area contributed by atoms with Crippen molar-refractivity contribution < 1.29 is 23.9 Å². The molecule has 29 heavy (non-hydrogen) atoms. The molecule has 0 radical (unpaired) electrons. The molecule has 5 nitrogen and oxygen atoms in total. The highest BCUT2D eigenvalue weighted by Crippen LogP contribution is 2.56. The standard InChI is InChI=1S/C24H34O5/c1-4-23(2,3)22(27)28-19-10-13-8-17(19)18(9-13)21(26)29-24-11-14-5-15(12-24)7-16(6-14)20(24)25/h13-19H,4-12H2,1-3H3. The van der Waals surface area contributed by atoms with Gasteiger partial charge < -0.3 is 9.47 Å². The topological polar surface area (TPSA) is 69.7 Å². The molecule has 6 aliphatic carbocycles. The van der Waals surface area contributed by atoms with Crippen molar-refractivity contribution in [1.82, 2.24) is 0 Å². The number of fused-ring (bicyclic) bond motifs is 2. The van der Waals surface area contributed by atoms with Gasteiger partial charge in [0.25, 0.3) is 0 Å². The Morgan fingerprint density at radius 1 is 1.00 bits per heavy atom. The Hall–Kier alpha value is -1.39. The smallest absolute Gasteiger partial charge is 0.311 e. The average Bonchev–Trinajstić information content (AvgIpc) is 3.25. The zero-order chi connectivity index (χ0) is 20.6. The lowest BCUT2D eigenvalue weighted by Crippen LogP contribution is -2.60. The fourth-order valence-electron chi connectivity index (χ4n) is 7.24. The van der Waals surface area contributed by atoms with E-state index in [1.54, 1.807) is 0 Å². The van der Waals surface area contributed by atoms with Crippen molar-refractivity contribution in [2.24, 2.45) is 40.9 Å². The van der Waals surface area contributed by atoms with Crippen LogP contribution in [0, 0.1) is 40.9 Å². The molecule has 6 aliphatic rings. The minimum atomic E-state index is -0.843. The Labute approximate surface area is 173 Å². The van der Waals surface area contributed by atoms with Crippen LogP contribution in [-0.4, -0.2) is 29.4 Å². The van der Waals surface area contributed by atoms with Crippen LogP contribution in [0.15, 0.2) is 0 Å². The lowest BCUT2D eigenvalue weighted by Gasteiger charge is -2.54. The minimum Gasteiger partial charge on any atom is -0.462 e. The molecule has 5 heteroatoms. The molecule has 0 aromatic carbocycles. The molecular weight excluding hydrogens is 368 g/mol. The van der Waals surface area contributed by atoms with Crippen molar-refractivity contribution in [3.8, 4) is 0 Å². The molecule has 0 amide bonds. The van der Waals surface area contributed by atoms with Gasteiger partial charge in [0, 0.05) is 11.8 Å². The molecular formula is C24H34O5. The van der Waals surface area contributed by atoms with Crippen LogP contribution < -0.4 is 0 Å². The summed E-state index contributed by atoms with van der Waals surface area (Å²) < 4.78 is 12.0. The van der Waals surface area contributed by atoms with Crippen LogP contribution >= 0.6 is 0 Å². The molecule has 6 rings (SSSR count). The first-order valence-corrected chi connectivity index (χ1v) is 11.7. The van der Waals surface area contributed by atoms with E-state index in [-0.39, 0.29) is 41.6 Å². The maximum atomic E-state index is 13.2. The van der Waals surface area contributed by atoms with Crippen LogP contribution in [0.1, 0.15) is 78.6 Å². The van der Waals surface area contributed by atoms with Gasteiger partial charge in [-0.3, -0.25) is 14.4 Å². The van der Waals surface area contributed by atoms with Crippen molar-refractivity contribution in [3.05, 3.63) is 0 Å². The Kier molecular flexibility index (Phi) is 4.42. The van der Waals surface area contributed by atoms with E-state index < -0.39 is 11.0 Å². The second-order valence-electron chi connectivity index (χ2n) is 11.3. The molecule has 0 aliphatic heterocycles. The highest BCUT2D eigenvalue weighted by molar-refractivity contribution is 5.93. The monoisotopic (exact) mass is 402 g/mol. The van der Waals surface area contributed by atoms with Crippen molar-refractivity contribution in [3.63, 3.8) is 0 Å². The molecule has 6 unspecified atom stereocenters. The number of carbonyl (C=O) groups excluding carboxylic acids is 3. The van der Waals surface area contributed by atoms with Gasteiger partial charge in [0.05, 0.1) is 11.3 Å². The molecule has 0 spiro atoms. The van der Waals surface area contributed by atoms with E-state index >= 15 is 0 Å². The summed E-state index contributed by atoms with van der Waals surface area (Å²) in [6, 6.07) is 0. The van der Waals surface area contributed by atoms with Gasteiger partial charge in [-0.05, 0) is 89.4 Å². The fraction of sp³-hybridized carbons (Fsp3) is 0.875. The predicted octanol–water partition coefficient (Wildman–Crippen LogP) is 4.07. The first-order chi connectivity index (χ1) is 13.7. The van der Waals surface area contributed by atoms with Crippen LogP contribution in [-0.2, 0) is 23.9 Å². The van der Waals surface area contributed by atoms with Crippen molar-refractivity contribution in [2.75, 3.05) is 0 Å². The quantitative estimate of drug-likeness (QED) is 0.648. The van der Waals surface area contributed by atoms with Crippen LogP contribution in [0.3, 0.4) is 0 Å². The summed E-state index contributed by atoms with van der Waals surface area (Å²) in [5.41, 5.74) is -1.34. The lowest BCUT2D eigenvalue weighted by atomic mass is 9.53.